The van der Waals surface area contributed by atoms with Crippen LogP contribution in [-0.2, 0) is 6.54 Å². The van der Waals surface area contributed by atoms with E-state index in [-0.39, 0.29) is 12.5 Å². The van der Waals surface area contributed by atoms with E-state index in [1.54, 1.807) is 38.0 Å². The van der Waals surface area contributed by atoms with Crippen LogP contribution in [0.4, 0.5) is 5.69 Å². The lowest BCUT2D eigenvalue weighted by atomic mass is 10.2. The predicted molar refractivity (Wildman–Crippen MR) is 97.3 cm³/mol. The normalized spacial score (nSPS) is 14.0. The molecule has 0 aliphatic carbocycles. The molecule has 0 atom stereocenters. The van der Waals surface area contributed by atoms with E-state index in [1.165, 1.54) is 11.3 Å². The van der Waals surface area contributed by atoms with Gasteiger partial charge in [-0.1, -0.05) is 0 Å². The highest BCUT2D eigenvalue weighted by molar-refractivity contribution is 9.11. The molecule has 0 fully saturated rings. The molecule has 0 saturated carbocycles. The summed E-state index contributed by atoms with van der Waals surface area (Å²) in [6.45, 7) is 4.04. The largest absolute Gasteiger partial charge is 0.493 e. The minimum atomic E-state index is -0.934. The number of anilines is 1. The van der Waals surface area contributed by atoms with Gasteiger partial charge in [-0.2, -0.15) is 0 Å². The molecule has 128 valence electrons. The molecule has 0 saturated heterocycles. The number of amides is 1. The fourth-order valence-electron chi connectivity index (χ4n) is 2.46. The minimum Gasteiger partial charge on any atom is -0.493 e. The molecule has 1 aliphatic heterocycles. The van der Waals surface area contributed by atoms with Crippen LogP contribution in [0.1, 0.15) is 29.1 Å². The molecule has 3 rings (SSSR count). The van der Waals surface area contributed by atoms with E-state index in [0.29, 0.717) is 18.0 Å². The highest BCUT2D eigenvalue weighted by Gasteiger charge is 2.31. The van der Waals surface area contributed by atoms with Crippen LogP contribution in [0.15, 0.2) is 28.1 Å². The first-order valence-electron chi connectivity index (χ1n) is 7.42. The minimum absolute atomic E-state index is 0.00656. The molecule has 1 amide bonds. The van der Waals surface area contributed by atoms with Gasteiger partial charge in [0.2, 0.25) is 0 Å². The summed E-state index contributed by atoms with van der Waals surface area (Å²) < 4.78 is 12.0. The molecule has 1 aromatic carbocycles. The van der Waals surface area contributed by atoms with Crippen molar-refractivity contribution in [1.82, 2.24) is 0 Å². The van der Waals surface area contributed by atoms with Crippen molar-refractivity contribution in [2.75, 3.05) is 18.6 Å². The molecule has 1 aliphatic rings. The number of hydrogen-bond acceptors (Lipinski definition) is 5. The number of ether oxygens (including phenoxy) is 2. The Morgan fingerprint density at radius 3 is 2.71 bits per heavy atom. The number of nitrogens with zero attached hydrogens (tertiary/aromatic N) is 1. The average Bonchev–Trinajstić information content (AvgIpc) is 3.02. The molecule has 0 radical (unpaired) electrons. The number of thiophene rings is 1. The van der Waals surface area contributed by atoms with Crippen LogP contribution in [0.3, 0.4) is 0 Å². The molecule has 1 aromatic heterocycles. The monoisotopic (exact) mass is 411 g/mol. The number of halogens is 1. The van der Waals surface area contributed by atoms with E-state index in [2.05, 4.69) is 15.9 Å². The summed E-state index contributed by atoms with van der Waals surface area (Å²) >= 11 is 4.87. The molecule has 0 bridgehead atoms. The third kappa shape index (κ3) is 3.43. The Morgan fingerprint density at radius 1 is 1.33 bits per heavy atom. The van der Waals surface area contributed by atoms with Gasteiger partial charge in [0.05, 0.1) is 27.9 Å². The number of benzene rings is 1. The van der Waals surface area contributed by atoms with Gasteiger partial charge in [-0.05, 0) is 53.5 Å². The molecule has 5 nitrogen and oxygen atoms in total. The second kappa shape index (κ2) is 6.38. The van der Waals surface area contributed by atoms with Gasteiger partial charge in [0.15, 0.2) is 11.5 Å². The Balaban J connectivity index is 1.83. The second-order valence-electron chi connectivity index (χ2n) is 6.23. The van der Waals surface area contributed by atoms with Crippen LogP contribution >= 0.6 is 27.3 Å². The van der Waals surface area contributed by atoms with Crippen LogP contribution in [-0.4, -0.2) is 30.3 Å². The lowest BCUT2D eigenvalue weighted by Crippen LogP contribution is -2.28. The number of fused-ring (bicyclic) bond motifs is 1. The molecule has 7 heteroatoms. The summed E-state index contributed by atoms with van der Waals surface area (Å²) in [5.74, 6) is 1.06. The summed E-state index contributed by atoms with van der Waals surface area (Å²) in [5.41, 5.74) is 0.848. The maximum absolute atomic E-state index is 12.6. The summed E-state index contributed by atoms with van der Waals surface area (Å²) in [5, 5.41) is 9.78. The number of carbonyl (C=O) groups is 1. The molecule has 2 heterocycles. The van der Waals surface area contributed by atoms with Crippen molar-refractivity contribution in [2.45, 2.75) is 26.0 Å². The lowest BCUT2D eigenvalue weighted by Gasteiger charge is -2.21. The Hall–Kier alpha value is -1.57. The van der Waals surface area contributed by atoms with Gasteiger partial charge in [0.1, 0.15) is 6.61 Å². The molecule has 0 unspecified atom stereocenters. The van der Waals surface area contributed by atoms with E-state index in [4.69, 9.17) is 9.47 Å². The van der Waals surface area contributed by atoms with Gasteiger partial charge in [0, 0.05) is 11.8 Å². The first kappa shape index (κ1) is 17.3. The maximum Gasteiger partial charge on any atom is 0.269 e. The van der Waals surface area contributed by atoms with Crippen molar-refractivity contribution < 1.29 is 19.4 Å². The highest BCUT2D eigenvalue weighted by atomic mass is 79.9. The van der Waals surface area contributed by atoms with Crippen molar-refractivity contribution in [3.8, 4) is 11.5 Å². The molecular formula is C17H18BrNO4S. The zero-order chi connectivity index (χ0) is 17.5. The first-order chi connectivity index (χ1) is 11.3. The third-order valence-electron chi connectivity index (χ3n) is 3.59. The van der Waals surface area contributed by atoms with Crippen LogP contribution in [0.25, 0.3) is 0 Å². The van der Waals surface area contributed by atoms with E-state index >= 15 is 0 Å². The van der Waals surface area contributed by atoms with E-state index in [1.807, 2.05) is 12.1 Å². The van der Waals surface area contributed by atoms with Crippen molar-refractivity contribution in [3.05, 3.63) is 38.5 Å². The fourth-order valence-corrected chi connectivity index (χ4v) is 4.07. The SMILES string of the molecule is COc1cc(N2Cc3cc(Br)sc3C2=O)ccc1OCC(C)(C)O. The predicted octanol–water partition coefficient (Wildman–Crippen LogP) is 3.83. The van der Waals surface area contributed by atoms with Crippen molar-refractivity contribution in [2.24, 2.45) is 0 Å². The zero-order valence-corrected chi connectivity index (χ0v) is 16.0. The van der Waals surface area contributed by atoms with Crippen LogP contribution in [0.2, 0.25) is 0 Å². The van der Waals surface area contributed by atoms with Gasteiger partial charge in [-0.3, -0.25) is 4.79 Å². The van der Waals surface area contributed by atoms with Gasteiger partial charge >= 0.3 is 0 Å². The maximum atomic E-state index is 12.6. The smallest absolute Gasteiger partial charge is 0.269 e. The van der Waals surface area contributed by atoms with Crippen molar-refractivity contribution >= 4 is 38.9 Å². The molecule has 1 N–H and O–H groups in total. The average molecular weight is 412 g/mol. The van der Waals surface area contributed by atoms with Crippen LogP contribution in [0, 0.1) is 0 Å². The summed E-state index contributed by atoms with van der Waals surface area (Å²) in [7, 11) is 1.55. The Bertz CT molecular complexity index is 781. The van der Waals surface area contributed by atoms with Crippen molar-refractivity contribution in [3.63, 3.8) is 0 Å². The number of hydrogen-bond donors (Lipinski definition) is 1. The topological polar surface area (TPSA) is 59.0 Å². The summed E-state index contributed by atoms with van der Waals surface area (Å²) in [6, 6.07) is 7.35. The zero-order valence-electron chi connectivity index (χ0n) is 13.6. The highest BCUT2D eigenvalue weighted by Crippen LogP contribution is 2.39. The van der Waals surface area contributed by atoms with Crippen molar-refractivity contribution in [1.29, 1.82) is 0 Å². The number of carbonyl (C=O) groups excluding carboxylic acids is 1. The lowest BCUT2D eigenvalue weighted by molar-refractivity contribution is 0.0276. The van der Waals surface area contributed by atoms with Crippen LogP contribution in [0.5, 0.6) is 11.5 Å². The third-order valence-corrected chi connectivity index (χ3v) is 5.25. The van der Waals surface area contributed by atoms with Crippen LogP contribution < -0.4 is 14.4 Å². The number of rotatable bonds is 5. The molecule has 2 aromatic rings. The number of aliphatic hydroxyl groups is 1. The Morgan fingerprint density at radius 2 is 2.08 bits per heavy atom. The van der Waals surface area contributed by atoms with E-state index < -0.39 is 5.60 Å². The van der Waals surface area contributed by atoms with E-state index in [9.17, 15) is 9.90 Å². The molecule has 24 heavy (non-hydrogen) atoms. The number of methoxy groups -OCH3 is 1. The van der Waals surface area contributed by atoms with E-state index in [0.717, 1.165) is 19.9 Å². The summed E-state index contributed by atoms with van der Waals surface area (Å²) in [4.78, 5) is 15.0. The standard InChI is InChI=1S/C17H18BrNO4S/c1-17(2,21)9-23-12-5-4-11(7-13(12)22-3)19-8-10-6-14(18)24-15(10)16(19)20/h4-7,21H,8-9H2,1-3H3. The van der Waals surface area contributed by atoms with Gasteiger partial charge < -0.3 is 19.5 Å². The molecule has 0 spiro atoms. The van der Waals surface area contributed by atoms with Gasteiger partial charge in [-0.25, -0.2) is 0 Å². The fraction of sp³-hybridized carbons (Fsp3) is 0.353. The second-order valence-corrected chi connectivity index (χ2v) is 8.66. The van der Waals surface area contributed by atoms with Gasteiger partial charge in [-0.15, -0.1) is 11.3 Å². The van der Waals surface area contributed by atoms with Gasteiger partial charge in [0.25, 0.3) is 5.91 Å². The molecular weight excluding hydrogens is 394 g/mol. The summed E-state index contributed by atoms with van der Waals surface area (Å²) in [6.07, 6.45) is 0. The Kier molecular flexibility index (Phi) is 4.59. The first-order valence-corrected chi connectivity index (χ1v) is 9.03. The quantitative estimate of drug-likeness (QED) is 0.811. The Labute approximate surface area is 152 Å².